The first-order valence-corrected chi connectivity index (χ1v) is 12.8. The van der Waals surface area contributed by atoms with E-state index in [1.807, 2.05) is 18.4 Å². The molecular formula is C20H25N5O4S2. The van der Waals surface area contributed by atoms with Gasteiger partial charge in [0.2, 0.25) is 15.9 Å². The minimum atomic E-state index is -3.52. The third-order valence-electron chi connectivity index (χ3n) is 4.64. The van der Waals surface area contributed by atoms with Gasteiger partial charge in [0.15, 0.2) is 5.65 Å². The zero-order chi connectivity index (χ0) is 22.4. The molecule has 2 aromatic heterocycles. The quantitative estimate of drug-likeness (QED) is 0.471. The van der Waals surface area contributed by atoms with Gasteiger partial charge in [0, 0.05) is 11.9 Å². The SMILES string of the molecule is CCS(=O)(=O)NC(CCSC)C(=O)Nc1cccc(Cn2nc3ccccn3c2=O)c1. The summed E-state index contributed by atoms with van der Waals surface area (Å²) in [5.74, 6) is 0.119. The van der Waals surface area contributed by atoms with Crippen LogP contribution in [0.1, 0.15) is 18.9 Å². The molecule has 31 heavy (non-hydrogen) atoms. The highest BCUT2D eigenvalue weighted by Gasteiger charge is 2.23. The second-order valence-corrected chi connectivity index (χ2v) is 9.94. The summed E-state index contributed by atoms with van der Waals surface area (Å²) in [7, 11) is -3.52. The van der Waals surface area contributed by atoms with E-state index >= 15 is 0 Å². The number of benzene rings is 1. The van der Waals surface area contributed by atoms with Crippen molar-refractivity contribution in [3.05, 3.63) is 64.7 Å². The molecule has 0 aliphatic heterocycles. The first-order chi connectivity index (χ1) is 14.8. The Labute approximate surface area is 184 Å². The van der Waals surface area contributed by atoms with Crippen LogP contribution in [0, 0.1) is 0 Å². The second kappa shape index (κ2) is 10.1. The Balaban J connectivity index is 1.76. The third kappa shape index (κ3) is 5.96. The van der Waals surface area contributed by atoms with Crippen molar-refractivity contribution in [2.24, 2.45) is 0 Å². The molecule has 1 unspecified atom stereocenters. The van der Waals surface area contributed by atoms with Gasteiger partial charge in [-0.25, -0.2) is 22.6 Å². The Morgan fingerprint density at radius 3 is 2.74 bits per heavy atom. The highest BCUT2D eigenvalue weighted by molar-refractivity contribution is 7.98. The third-order valence-corrected chi connectivity index (χ3v) is 6.69. The number of fused-ring (bicyclic) bond motifs is 1. The van der Waals surface area contributed by atoms with Crippen LogP contribution < -0.4 is 15.7 Å². The zero-order valence-electron chi connectivity index (χ0n) is 17.3. The summed E-state index contributed by atoms with van der Waals surface area (Å²) in [6, 6.07) is 11.5. The van der Waals surface area contributed by atoms with Crippen molar-refractivity contribution in [3.8, 4) is 0 Å². The van der Waals surface area contributed by atoms with Crippen LogP contribution in [-0.4, -0.2) is 52.3 Å². The molecule has 9 nitrogen and oxygen atoms in total. The molecule has 0 saturated carbocycles. The number of nitrogens with zero attached hydrogens (tertiary/aromatic N) is 3. The van der Waals surface area contributed by atoms with Crippen LogP contribution in [-0.2, 0) is 21.4 Å². The van der Waals surface area contributed by atoms with Crippen LogP contribution in [0.2, 0.25) is 0 Å². The molecule has 3 rings (SSSR count). The number of carbonyl (C=O) groups is 1. The van der Waals surface area contributed by atoms with E-state index < -0.39 is 22.0 Å². The van der Waals surface area contributed by atoms with E-state index in [2.05, 4.69) is 15.1 Å². The monoisotopic (exact) mass is 463 g/mol. The number of sulfonamides is 1. The molecule has 2 N–H and O–H groups in total. The molecule has 0 spiro atoms. The van der Waals surface area contributed by atoms with Crippen molar-refractivity contribution in [1.29, 1.82) is 0 Å². The van der Waals surface area contributed by atoms with Gasteiger partial charge in [-0.3, -0.25) is 9.20 Å². The maximum absolute atomic E-state index is 12.7. The lowest BCUT2D eigenvalue weighted by Crippen LogP contribution is -2.44. The molecule has 2 heterocycles. The first-order valence-electron chi connectivity index (χ1n) is 9.76. The topological polar surface area (TPSA) is 115 Å². The second-order valence-electron chi connectivity index (χ2n) is 6.91. The first kappa shape index (κ1) is 23.0. The Morgan fingerprint density at radius 2 is 2.03 bits per heavy atom. The maximum Gasteiger partial charge on any atom is 0.350 e. The maximum atomic E-state index is 12.7. The number of thioether (sulfide) groups is 1. The predicted octanol–water partition coefficient (Wildman–Crippen LogP) is 1.54. The van der Waals surface area contributed by atoms with Crippen LogP contribution in [0.3, 0.4) is 0 Å². The van der Waals surface area contributed by atoms with Crippen molar-refractivity contribution in [2.45, 2.75) is 25.9 Å². The van der Waals surface area contributed by atoms with Crippen molar-refractivity contribution >= 4 is 39.0 Å². The molecular weight excluding hydrogens is 438 g/mol. The molecule has 1 amide bonds. The largest absolute Gasteiger partial charge is 0.350 e. The number of pyridine rings is 1. The van der Waals surface area contributed by atoms with Crippen molar-refractivity contribution in [2.75, 3.05) is 23.1 Å². The fourth-order valence-electron chi connectivity index (χ4n) is 3.00. The summed E-state index contributed by atoms with van der Waals surface area (Å²) in [5, 5.41) is 7.09. The fourth-order valence-corrected chi connectivity index (χ4v) is 4.30. The van der Waals surface area contributed by atoms with Gasteiger partial charge < -0.3 is 5.32 Å². The van der Waals surface area contributed by atoms with Gasteiger partial charge in [-0.2, -0.15) is 11.8 Å². The lowest BCUT2D eigenvalue weighted by atomic mass is 10.2. The summed E-state index contributed by atoms with van der Waals surface area (Å²) in [6.07, 6.45) is 3.93. The number of hydrogen-bond acceptors (Lipinski definition) is 6. The van der Waals surface area contributed by atoms with Crippen LogP contribution in [0.15, 0.2) is 53.5 Å². The van der Waals surface area contributed by atoms with Crippen LogP contribution >= 0.6 is 11.8 Å². The molecule has 0 saturated heterocycles. The van der Waals surface area contributed by atoms with Crippen LogP contribution in [0.4, 0.5) is 5.69 Å². The summed E-state index contributed by atoms with van der Waals surface area (Å²) < 4.78 is 29.2. The van der Waals surface area contributed by atoms with Crippen LogP contribution in [0.5, 0.6) is 0 Å². The summed E-state index contributed by atoms with van der Waals surface area (Å²) in [6.45, 7) is 1.76. The zero-order valence-corrected chi connectivity index (χ0v) is 18.9. The fraction of sp³-hybridized carbons (Fsp3) is 0.350. The lowest BCUT2D eigenvalue weighted by molar-refractivity contribution is -0.117. The summed E-state index contributed by atoms with van der Waals surface area (Å²) in [4.78, 5) is 25.2. The molecule has 166 valence electrons. The normalized spacial score (nSPS) is 12.7. The molecule has 1 atom stereocenters. The van der Waals surface area contributed by atoms with Gasteiger partial charge in [0.05, 0.1) is 12.3 Å². The Kier molecular flexibility index (Phi) is 7.52. The molecule has 0 aliphatic rings. The Hall–Kier alpha value is -2.63. The number of rotatable bonds is 10. The van der Waals surface area contributed by atoms with E-state index in [0.29, 0.717) is 23.5 Å². The standard InChI is InChI=1S/C20H25N5O4S2/c1-3-31(28,29)23-17(10-12-30-2)19(26)21-16-8-6-7-15(13-16)14-25-20(27)24-11-5-4-9-18(24)22-25/h4-9,11,13,17,23H,3,10,12,14H2,1-2H3,(H,21,26). The van der Waals surface area contributed by atoms with Gasteiger partial charge in [-0.05, 0) is 55.2 Å². The van der Waals surface area contributed by atoms with E-state index in [9.17, 15) is 18.0 Å². The minimum Gasteiger partial charge on any atom is -0.325 e. The van der Waals surface area contributed by atoms with Crippen molar-refractivity contribution in [3.63, 3.8) is 0 Å². The van der Waals surface area contributed by atoms with Gasteiger partial charge in [0.1, 0.15) is 6.04 Å². The minimum absolute atomic E-state index is 0.0979. The highest BCUT2D eigenvalue weighted by atomic mass is 32.2. The van der Waals surface area contributed by atoms with Gasteiger partial charge in [-0.1, -0.05) is 18.2 Å². The van der Waals surface area contributed by atoms with Crippen molar-refractivity contribution in [1.82, 2.24) is 18.9 Å². The van der Waals surface area contributed by atoms with E-state index in [4.69, 9.17) is 0 Å². The van der Waals surface area contributed by atoms with Crippen LogP contribution in [0.25, 0.3) is 5.65 Å². The average Bonchev–Trinajstić information content (AvgIpc) is 3.07. The molecule has 0 fully saturated rings. The smallest absolute Gasteiger partial charge is 0.325 e. The van der Waals surface area contributed by atoms with E-state index in [1.54, 1.807) is 36.5 Å². The number of hydrogen-bond donors (Lipinski definition) is 2. The predicted molar refractivity (Wildman–Crippen MR) is 123 cm³/mol. The van der Waals surface area contributed by atoms with E-state index in [0.717, 1.165) is 5.56 Å². The molecule has 1 aromatic carbocycles. The van der Waals surface area contributed by atoms with Gasteiger partial charge in [0.25, 0.3) is 0 Å². The number of anilines is 1. The molecule has 0 bridgehead atoms. The summed E-state index contributed by atoms with van der Waals surface area (Å²) >= 11 is 1.54. The van der Waals surface area contributed by atoms with Gasteiger partial charge >= 0.3 is 5.69 Å². The number of nitrogens with one attached hydrogen (secondary N) is 2. The molecule has 0 aliphatic carbocycles. The van der Waals surface area contributed by atoms with E-state index in [-0.39, 0.29) is 18.0 Å². The molecule has 11 heteroatoms. The molecule has 3 aromatic rings. The van der Waals surface area contributed by atoms with Gasteiger partial charge in [-0.15, -0.1) is 5.10 Å². The highest BCUT2D eigenvalue weighted by Crippen LogP contribution is 2.13. The number of carbonyl (C=O) groups excluding carboxylic acids is 1. The number of aromatic nitrogens is 3. The Bertz CT molecular complexity index is 1220. The van der Waals surface area contributed by atoms with Crippen molar-refractivity contribution < 1.29 is 13.2 Å². The van der Waals surface area contributed by atoms with E-state index in [1.165, 1.54) is 27.8 Å². The summed E-state index contributed by atoms with van der Waals surface area (Å²) in [5.41, 5.74) is 1.59. The average molecular weight is 464 g/mol. The lowest BCUT2D eigenvalue weighted by Gasteiger charge is -2.18. The number of amides is 1. The Morgan fingerprint density at radius 1 is 1.23 bits per heavy atom. The molecule has 0 radical (unpaired) electrons.